The summed E-state index contributed by atoms with van der Waals surface area (Å²) in [5.74, 6) is 0.794. The number of hydrogen-bond acceptors (Lipinski definition) is 3. The quantitative estimate of drug-likeness (QED) is 0.832. The maximum atomic E-state index is 8.73. The molecule has 0 N–H and O–H groups in total. The minimum Gasteiger partial charge on any atom is -0.492 e. The Balaban J connectivity index is 1.86. The molecule has 2 aromatic carbocycles. The van der Waals surface area contributed by atoms with Gasteiger partial charge in [0.25, 0.3) is 0 Å². The summed E-state index contributed by atoms with van der Waals surface area (Å²) in [6, 6.07) is 17.6. The van der Waals surface area contributed by atoms with Gasteiger partial charge in [-0.3, -0.25) is 0 Å². The number of likely N-dealkylation sites (N-methyl/N-ethyl adjacent to an activating group) is 1. The highest BCUT2D eigenvalue weighted by Crippen LogP contribution is 2.17. The molecule has 0 aliphatic rings. The summed E-state index contributed by atoms with van der Waals surface area (Å²) < 4.78 is 5.69. The van der Waals surface area contributed by atoms with Crippen molar-refractivity contribution in [2.75, 3.05) is 25.1 Å². The molecule has 0 atom stereocenters. The van der Waals surface area contributed by atoms with Gasteiger partial charge in [-0.15, -0.1) is 0 Å². The van der Waals surface area contributed by atoms with Crippen molar-refractivity contribution < 1.29 is 4.74 Å². The van der Waals surface area contributed by atoms with Gasteiger partial charge in [0.05, 0.1) is 18.2 Å². The standard InChI is InChI=1S/C17H18N2O/c1-14-5-3-4-6-17(14)19(2)11-12-20-16-9-7-15(13-18)8-10-16/h3-10H,11-12H2,1-2H3. The Kier molecular flexibility index (Phi) is 4.62. The van der Waals surface area contributed by atoms with Gasteiger partial charge in [0.2, 0.25) is 0 Å². The van der Waals surface area contributed by atoms with E-state index in [4.69, 9.17) is 10.00 Å². The third kappa shape index (κ3) is 3.52. The fraction of sp³-hybridized carbons (Fsp3) is 0.235. The third-order valence-electron chi connectivity index (χ3n) is 3.21. The molecule has 0 heterocycles. The van der Waals surface area contributed by atoms with E-state index in [1.54, 1.807) is 12.1 Å². The number of nitrogens with zero attached hydrogens (tertiary/aromatic N) is 2. The molecular weight excluding hydrogens is 248 g/mol. The Labute approximate surface area is 120 Å². The highest BCUT2D eigenvalue weighted by molar-refractivity contribution is 5.52. The summed E-state index contributed by atoms with van der Waals surface area (Å²) in [7, 11) is 2.06. The van der Waals surface area contributed by atoms with Crippen LogP contribution in [0.1, 0.15) is 11.1 Å². The molecule has 0 unspecified atom stereocenters. The predicted molar refractivity (Wildman–Crippen MR) is 81.1 cm³/mol. The lowest BCUT2D eigenvalue weighted by Gasteiger charge is -2.21. The number of para-hydroxylation sites is 1. The zero-order valence-corrected chi connectivity index (χ0v) is 11.8. The molecule has 102 valence electrons. The van der Waals surface area contributed by atoms with Crippen LogP contribution in [0.3, 0.4) is 0 Å². The van der Waals surface area contributed by atoms with Gasteiger partial charge >= 0.3 is 0 Å². The van der Waals surface area contributed by atoms with Crippen molar-refractivity contribution in [2.24, 2.45) is 0 Å². The molecule has 0 amide bonds. The van der Waals surface area contributed by atoms with Crippen molar-refractivity contribution in [1.29, 1.82) is 5.26 Å². The van der Waals surface area contributed by atoms with Crippen LogP contribution in [0.15, 0.2) is 48.5 Å². The van der Waals surface area contributed by atoms with Crippen LogP contribution in [0, 0.1) is 18.3 Å². The molecule has 0 aromatic heterocycles. The Morgan fingerprint density at radius 3 is 2.45 bits per heavy atom. The predicted octanol–water partition coefficient (Wildman–Crippen LogP) is 3.38. The summed E-state index contributed by atoms with van der Waals surface area (Å²) in [5, 5.41) is 8.73. The monoisotopic (exact) mass is 266 g/mol. The number of rotatable bonds is 5. The van der Waals surface area contributed by atoms with Gasteiger partial charge in [0.1, 0.15) is 12.4 Å². The minimum atomic E-state index is 0.608. The largest absolute Gasteiger partial charge is 0.492 e. The lowest BCUT2D eigenvalue weighted by molar-refractivity contribution is 0.326. The van der Waals surface area contributed by atoms with Crippen LogP contribution < -0.4 is 9.64 Å². The molecule has 2 aromatic rings. The van der Waals surface area contributed by atoms with Crippen LogP contribution >= 0.6 is 0 Å². The fourth-order valence-corrected chi connectivity index (χ4v) is 2.04. The Bertz CT molecular complexity index is 599. The van der Waals surface area contributed by atoms with Crippen molar-refractivity contribution >= 4 is 5.69 Å². The minimum absolute atomic E-state index is 0.608. The van der Waals surface area contributed by atoms with Crippen LogP contribution in [0.5, 0.6) is 5.75 Å². The first-order chi connectivity index (χ1) is 9.70. The highest BCUT2D eigenvalue weighted by Gasteiger charge is 2.03. The summed E-state index contributed by atoms with van der Waals surface area (Å²) in [6.45, 7) is 3.52. The topological polar surface area (TPSA) is 36.3 Å². The molecule has 0 spiro atoms. The van der Waals surface area contributed by atoms with Gasteiger partial charge in [0, 0.05) is 12.7 Å². The molecule has 0 aliphatic carbocycles. The molecule has 2 rings (SSSR count). The van der Waals surface area contributed by atoms with Crippen LogP contribution in [-0.4, -0.2) is 20.2 Å². The van der Waals surface area contributed by atoms with E-state index >= 15 is 0 Å². The van der Waals surface area contributed by atoms with Gasteiger partial charge < -0.3 is 9.64 Å². The zero-order valence-electron chi connectivity index (χ0n) is 11.8. The second-order valence-corrected chi connectivity index (χ2v) is 4.69. The van der Waals surface area contributed by atoms with Crippen molar-refractivity contribution in [3.05, 3.63) is 59.7 Å². The molecule has 3 heteroatoms. The molecule has 0 saturated carbocycles. The Morgan fingerprint density at radius 1 is 1.10 bits per heavy atom. The lowest BCUT2D eigenvalue weighted by atomic mass is 10.2. The van der Waals surface area contributed by atoms with Crippen molar-refractivity contribution in [3.63, 3.8) is 0 Å². The summed E-state index contributed by atoms with van der Waals surface area (Å²) in [6.07, 6.45) is 0. The number of anilines is 1. The fourth-order valence-electron chi connectivity index (χ4n) is 2.04. The van der Waals surface area contributed by atoms with Crippen molar-refractivity contribution in [2.45, 2.75) is 6.92 Å². The Morgan fingerprint density at radius 2 is 1.80 bits per heavy atom. The van der Waals surface area contributed by atoms with Crippen molar-refractivity contribution in [3.8, 4) is 11.8 Å². The lowest BCUT2D eigenvalue weighted by Crippen LogP contribution is -2.24. The molecule has 0 aliphatic heterocycles. The molecular formula is C17H18N2O. The zero-order chi connectivity index (χ0) is 14.4. The van der Waals surface area contributed by atoms with E-state index in [1.807, 2.05) is 24.3 Å². The molecule has 0 radical (unpaired) electrons. The van der Waals surface area contributed by atoms with Gasteiger partial charge in [-0.1, -0.05) is 18.2 Å². The summed E-state index contributed by atoms with van der Waals surface area (Å²) in [4.78, 5) is 2.18. The van der Waals surface area contributed by atoms with E-state index in [-0.39, 0.29) is 0 Å². The SMILES string of the molecule is Cc1ccccc1N(C)CCOc1ccc(C#N)cc1. The highest BCUT2D eigenvalue weighted by atomic mass is 16.5. The maximum Gasteiger partial charge on any atom is 0.119 e. The van der Waals surface area contributed by atoms with E-state index in [0.717, 1.165) is 12.3 Å². The molecule has 0 saturated heterocycles. The van der Waals surface area contributed by atoms with Crippen LogP contribution in [0.4, 0.5) is 5.69 Å². The van der Waals surface area contributed by atoms with Crippen LogP contribution in [-0.2, 0) is 0 Å². The first-order valence-corrected chi connectivity index (χ1v) is 6.60. The molecule has 20 heavy (non-hydrogen) atoms. The van der Waals surface area contributed by atoms with Crippen LogP contribution in [0.2, 0.25) is 0 Å². The first-order valence-electron chi connectivity index (χ1n) is 6.60. The summed E-state index contributed by atoms with van der Waals surface area (Å²) in [5.41, 5.74) is 3.12. The molecule has 3 nitrogen and oxygen atoms in total. The van der Waals surface area contributed by atoms with E-state index in [2.05, 4.69) is 37.1 Å². The van der Waals surface area contributed by atoms with Gasteiger partial charge in [0.15, 0.2) is 0 Å². The Hall–Kier alpha value is -2.47. The average molecular weight is 266 g/mol. The molecule has 0 fully saturated rings. The normalized spacial score (nSPS) is 9.85. The van der Waals surface area contributed by atoms with E-state index in [9.17, 15) is 0 Å². The number of benzene rings is 2. The maximum absolute atomic E-state index is 8.73. The number of nitriles is 1. The van der Waals surface area contributed by atoms with Crippen molar-refractivity contribution in [1.82, 2.24) is 0 Å². The van der Waals surface area contributed by atoms with Gasteiger partial charge in [-0.2, -0.15) is 5.26 Å². The number of aryl methyl sites for hydroxylation is 1. The number of ether oxygens (including phenoxy) is 1. The smallest absolute Gasteiger partial charge is 0.119 e. The first kappa shape index (κ1) is 14.0. The second-order valence-electron chi connectivity index (χ2n) is 4.69. The average Bonchev–Trinajstić information content (AvgIpc) is 2.48. The van der Waals surface area contributed by atoms with E-state index in [0.29, 0.717) is 12.2 Å². The van der Waals surface area contributed by atoms with Gasteiger partial charge in [-0.25, -0.2) is 0 Å². The van der Waals surface area contributed by atoms with Crippen LogP contribution in [0.25, 0.3) is 0 Å². The van der Waals surface area contributed by atoms with E-state index < -0.39 is 0 Å². The second kappa shape index (κ2) is 6.63. The molecule has 0 bridgehead atoms. The third-order valence-corrected chi connectivity index (χ3v) is 3.21. The summed E-state index contributed by atoms with van der Waals surface area (Å²) >= 11 is 0. The number of hydrogen-bond donors (Lipinski definition) is 0. The van der Waals surface area contributed by atoms with E-state index in [1.165, 1.54) is 11.3 Å². The van der Waals surface area contributed by atoms with Gasteiger partial charge in [-0.05, 0) is 42.8 Å².